The van der Waals surface area contributed by atoms with Crippen LogP contribution >= 0.6 is 0 Å². The van der Waals surface area contributed by atoms with Gasteiger partial charge in [0.2, 0.25) is 0 Å². The van der Waals surface area contributed by atoms with Gasteiger partial charge in [-0.1, -0.05) is 50.3 Å². The lowest BCUT2D eigenvalue weighted by molar-refractivity contribution is 0.208. The van der Waals surface area contributed by atoms with Crippen LogP contribution in [0, 0.1) is 12.3 Å². The first-order valence-corrected chi connectivity index (χ1v) is 4.78. The van der Waals surface area contributed by atoms with Gasteiger partial charge in [0.1, 0.15) is 0 Å². The van der Waals surface area contributed by atoms with Crippen molar-refractivity contribution >= 4 is 0 Å². The summed E-state index contributed by atoms with van der Waals surface area (Å²) in [5, 5.41) is 9.40. The van der Waals surface area contributed by atoms with Crippen molar-refractivity contribution in [3.05, 3.63) is 24.3 Å². The van der Waals surface area contributed by atoms with E-state index in [0.29, 0.717) is 0 Å². The van der Waals surface area contributed by atoms with E-state index in [2.05, 4.69) is 12.8 Å². The second kappa shape index (κ2) is 9.09. The predicted molar refractivity (Wildman–Crippen MR) is 57.3 cm³/mol. The Labute approximate surface area is 81.2 Å². The topological polar surface area (TPSA) is 20.2 Å². The number of hydrogen-bond donors (Lipinski definition) is 1. The third kappa shape index (κ3) is 8.91. The van der Waals surface area contributed by atoms with E-state index >= 15 is 0 Å². The third-order valence-electron chi connectivity index (χ3n) is 1.74. The SMILES string of the molecule is C#C/C=C/C=C/[C@@H](O)CCCCC. The van der Waals surface area contributed by atoms with Crippen molar-refractivity contribution < 1.29 is 5.11 Å². The van der Waals surface area contributed by atoms with E-state index < -0.39 is 0 Å². The van der Waals surface area contributed by atoms with Gasteiger partial charge in [-0.25, -0.2) is 0 Å². The number of aliphatic hydroxyl groups is 1. The number of rotatable bonds is 6. The molecule has 0 heterocycles. The van der Waals surface area contributed by atoms with Crippen LogP contribution in [0.4, 0.5) is 0 Å². The van der Waals surface area contributed by atoms with E-state index in [9.17, 15) is 5.11 Å². The standard InChI is InChI=1S/C12H18O/c1-3-5-7-9-11-12(13)10-8-6-4-2/h1,5,7,9,11-13H,4,6,8,10H2,2H3/b7-5+,11-9+/t12-/m0/s1. The smallest absolute Gasteiger partial charge is 0.0723 e. The molecule has 1 heteroatoms. The molecule has 0 saturated carbocycles. The maximum absolute atomic E-state index is 9.40. The molecular weight excluding hydrogens is 160 g/mol. The molecule has 0 spiro atoms. The van der Waals surface area contributed by atoms with E-state index in [4.69, 9.17) is 6.42 Å². The van der Waals surface area contributed by atoms with Gasteiger partial charge in [-0.3, -0.25) is 0 Å². The van der Waals surface area contributed by atoms with Crippen LogP contribution in [0.25, 0.3) is 0 Å². The molecule has 0 aromatic rings. The largest absolute Gasteiger partial charge is 0.389 e. The van der Waals surface area contributed by atoms with E-state index in [1.54, 1.807) is 24.3 Å². The van der Waals surface area contributed by atoms with E-state index in [-0.39, 0.29) is 6.10 Å². The summed E-state index contributed by atoms with van der Waals surface area (Å²) in [7, 11) is 0. The Morgan fingerprint density at radius 2 is 2.15 bits per heavy atom. The lowest BCUT2D eigenvalue weighted by atomic mass is 10.1. The van der Waals surface area contributed by atoms with Gasteiger partial charge >= 0.3 is 0 Å². The Balaban J connectivity index is 3.50. The Bertz CT molecular complexity index is 196. The molecule has 0 aromatic carbocycles. The van der Waals surface area contributed by atoms with Crippen LogP contribution in [-0.4, -0.2) is 11.2 Å². The number of aliphatic hydroxyl groups excluding tert-OH is 1. The average Bonchev–Trinajstić information content (AvgIpc) is 2.13. The third-order valence-corrected chi connectivity index (χ3v) is 1.74. The van der Waals surface area contributed by atoms with Gasteiger partial charge in [-0.15, -0.1) is 6.42 Å². The maximum Gasteiger partial charge on any atom is 0.0723 e. The van der Waals surface area contributed by atoms with Crippen molar-refractivity contribution in [2.24, 2.45) is 0 Å². The highest BCUT2D eigenvalue weighted by atomic mass is 16.3. The molecule has 0 aliphatic carbocycles. The van der Waals surface area contributed by atoms with Crippen LogP contribution in [0.5, 0.6) is 0 Å². The normalized spacial score (nSPS) is 13.6. The van der Waals surface area contributed by atoms with Crippen LogP contribution in [0.1, 0.15) is 32.6 Å². The molecule has 13 heavy (non-hydrogen) atoms. The molecule has 0 saturated heterocycles. The van der Waals surface area contributed by atoms with Crippen LogP contribution in [0.3, 0.4) is 0 Å². The molecule has 72 valence electrons. The van der Waals surface area contributed by atoms with Gasteiger partial charge in [-0.05, 0) is 12.5 Å². The predicted octanol–water partition coefficient (Wildman–Crippen LogP) is 2.67. The molecule has 0 aliphatic heterocycles. The highest BCUT2D eigenvalue weighted by Crippen LogP contribution is 2.03. The van der Waals surface area contributed by atoms with Crippen molar-refractivity contribution in [3.8, 4) is 12.3 Å². The number of unbranched alkanes of at least 4 members (excludes halogenated alkanes) is 2. The first-order chi connectivity index (χ1) is 6.31. The minimum Gasteiger partial charge on any atom is -0.389 e. The monoisotopic (exact) mass is 178 g/mol. The molecule has 0 amide bonds. The van der Waals surface area contributed by atoms with Gasteiger partial charge in [0.25, 0.3) is 0 Å². The van der Waals surface area contributed by atoms with Crippen molar-refractivity contribution in [2.45, 2.75) is 38.7 Å². The zero-order valence-electron chi connectivity index (χ0n) is 8.24. The second-order valence-electron chi connectivity index (χ2n) is 2.97. The molecule has 0 aliphatic rings. The molecule has 1 atom stereocenters. The van der Waals surface area contributed by atoms with Crippen molar-refractivity contribution in [3.63, 3.8) is 0 Å². The Morgan fingerprint density at radius 3 is 2.77 bits per heavy atom. The summed E-state index contributed by atoms with van der Waals surface area (Å²) < 4.78 is 0. The highest BCUT2D eigenvalue weighted by Gasteiger charge is 1.96. The van der Waals surface area contributed by atoms with E-state index in [1.807, 2.05) is 0 Å². The summed E-state index contributed by atoms with van der Waals surface area (Å²) in [6, 6.07) is 0. The molecule has 0 rings (SSSR count). The summed E-state index contributed by atoms with van der Waals surface area (Å²) >= 11 is 0. The summed E-state index contributed by atoms with van der Waals surface area (Å²) in [6.07, 6.45) is 15.9. The van der Waals surface area contributed by atoms with Crippen LogP contribution in [-0.2, 0) is 0 Å². The Hall–Kier alpha value is -1.00. The van der Waals surface area contributed by atoms with Gasteiger partial charge in [0.05, 0.1) is 6.10 Å². The first-order valence-electron chi connectivity index (χ1n) is 4.78. The summed E-state index contributed by atoms with van der Waals surface area (Å²) in [6.45, 7) is 2.15. The van der Waals surface area contributed by atoms with Crippen molar-refractivity contribution in [1.29, 1.82) is 0 Å². The first kappa shape index (κ1) is 12.0. The van der Waals surface area contributed by atoms with Crippen LogP contribution in [0.15, 0.2) is 24.3 Å². The zero-order valence-corrected chi connectivity index (χ0v) is 8.24. The fraction of sp³-hybridized carbons (Fsp3) is 0.500. The fourth-order valence-electron chi connectivity index (χ4n) is 1.00. The molecule has 1 N–H and O–H groups in total. The molecule has 0 radical (unpaired) electrons. The Morgan fingerprint density at radius 1 is 1.38 bits per heavy atom. The van der Waals surface area contributed by atoms with Crippen LogP contribution in [0.2, 0.25) is 0 Å². The van der Waals surface area contributed by atoms with Gasteiger partial charge in [-0.2, -0.15) is 0 Å². The zero-order chi connectivity index (χ0) is 9.94. The average molecular weight is 178 g/mol. The number of allylic oxidation sites excluding steroid dienone is 3. The maximum atomic E-state index is 9.40. The molecule has 0 unspecified atom stereocenters. The van der Waals surface area contributed by atoms with Gasteiger partial charge < -0.3 is 5.11 Å². The minimum atomic E-state index is -0.325. The van der Waals surface area contributed by atoms with Gasteiger partial charge in [0.15, 0.2) is 0 Å². The van der Waals surface area contributed by atoms with Crippen molar-refractivity contribution in [2.75, 3.05) is 0 Å². The molecule has 0 fully saturated rings. The molecule has 0 aromatic heterocycles. The highest BCUT2D eigenvalue weighted by molar-refractivity contribution is 5.16. The van der Waals surface area contributed by atoms with Crippen molar-refractivity contribution in [1.82, 2.24) is 0 Å². The second-order valence-corrected chi connectivity index (χ2v) is 2.97. The van der Waals surface area contributed by atoms with E-state index in [1.165, 1.54) is 12.8 Å². The lowest BCUT2D eigenvalue weighted by Gasteiger charge is -2.02. The minimum absolute atomic E-state index is 0.325. The molecular formula is C12H18O. The number of hydrogen-bond acceptors (Lipinski definition) is 1. The summed E-state index contributed by atoms with van der Waals surface area (Å²) in [5.41, 5.74) is 0. The Kier molecular flexibility index (Phi) is 8.39. The quantitative estimate of drug-likeness (QED) is 0.376. The fourth-order valence-corrected chi connectivity index (χ4v) is 1.00. The summed E-state index contributed by atoms with van der Waals surface area (Å²) in [5.74, 6) is 2.38. The summed E-state index contributed by atoms with van der Waals surface area (Å²) in [4.78, 5) is 0. The lowest BCUT2D eigenvalue weighted by Crippen LogP contribution is -2.00. The van der Waals surface area contributed by atoms with Crippen LogP contribution < -0.4 is 0 Å². The molecule has 0 bridgehead atoms. The number of terminal acetylenes is 1. The molecule has 1 nitrogen and oxygen atoms in total. The van der Waals surface area contributed by atoms with E-state index in [0.717, 1.165) is 12.8 Å². The van der Waals surface area contributed by atoms with Gasteiger partial charge in [0, 0.05) is 0 Å².